The number of likely N-dealkylation sites (tertiary alicyclic amines) is 1. The van der Waals surface area contributed by atoms with E-state index in [4.69, 9.17) is 4.52 Å². The number of hydrogen-bond acceptors (Lipinski definition) is 6. The molecule has 0 aliphatic carbocycles. The molecule has 1 fully saturated rings. The molecule has 1 aliphatic heterocycles. The number of rotatable bonds is 5. The molecule has 2 heterocycles. The van der Waals surface area contributed by atoms with E-state index in [1.165, 1.54) is 0 Å². The molecule has 23 heavy (non-hydrogen) atoms. The van der Waals surface area contributed by atoms with Crippen molar-refractivity contribution in [1.82, 2.24) is 20.4 Å². The van der Waals surface area contributed by atoms with E-state index < -0.39 is 6.10 Å². The maximum Gasteiger partial charge on any atom is 0.232 e. The molecule has 1 saturated heterocycles. The van der Waals surface area contributed by atoms with Crippen LogP contribution in [0, 0.1) is 5.92 Å². The van der Waals surface area contributed by atoms with E-state index in [-0.39, 0.29) is 17.2 Å². The monoisotopic (exact) mass is 324 g/mol. The molecule has 1 aliphatic rings. The first-order valence-corrected chi connectivity index (χ1v) is 8.27. The number of aliphatic hydroxyl groups excluding tert-OH is 1. The summed E-state index contributed by atoms with van der Waals surface area (Å²) in [6, 6.07) is 0. The number of nitrogens with one attached hydrogen (secondary N) is 1. The Bertz CT molecular complexity index is 514. The molecule has 7 nitrogen and oxygen atoms in total. The Morgan fingerprint density at radius 1 is 1.43 bits per heavy atom. The van der Waals surface area contributed by atoms with Crippen molar-refractivity contribution in [3.8, 4) is 0 Å². The fraction of sp³-hybridized carbons (Fsp3) is 0.812. The van der Waals surface area contributed by atoms with Gasteiger partial charge in [0.2, 0.25) is 11.8 Å². The van der Waals surface area contributed by atoms with Crippen LogP contribution in [-0.2, 0) is 16.8 Å². The smallest absolute Gasteiger partial charge is 0.232 e. The molecule has 2 rings (SSSR count). The first-order valence-electron chi connectivity index (χ1n) is 8.27. The molecule has 7 heteroatoms. The van der Waals surface area contributed by atoms with Gasteiger partial charge in [0, 0.05) is 17.9 Å². The molecule has 2 N–H and O–H groups in total. The van der Waals surface area contributed by atoms with Crippen molar-refractivity contribution in [2.45, 2.75) is 58.6 Å². The average molecular weight is 324 g/mol. The molecule has 0 aromatic carbocycles. The van der Waals surface area contributed by atoms with Crippen LogP contribution in [0.2, 0.25) is 0 Å². The van der Waals surface area contributed by atoms with E-state index in [1.54, 1.807) is 6.92 Å². The highest BCUT2D eigenvalue weighted by molar-refractivity contribution is 5.78. The minimum atomic E-state index is -0.505. The second-order valence-corrected chi connectivity index (χ2v) is 7.41. The second-order valence-electron chi connectivity index (χ2n) is 7.41. The third kappa shape index (κ3) is 5.28. The van der Waals surface area contributed by atoms with Crippen LogP contribution < -0.4 is 5.32 Å². The summed E-state index contributed by atoms with van der Waals surface area (Å²) in [5.41, 5.74) is -0.139. The van der Waals surface area contributed by atoms with Crippen molar-refractivity contribution in [3.63, 3.8) is 0 Å². The van der Waals surface area contributed by atoms with E-state index in [2.05, 4.69) is 20.4 Å². The molecule has 130 valence electrons. The van der Waals surface area contributed by atoms with Crippen LogP contribution in [0.3, 0.4) is 0 Å². The first-order chi connectivity index (χ1) is 10.8. The van der Waals surface area contributed by atoms with Gasteiger partial charge >= 0.3 is 0 Å². The molecule has 1 atom stereocenters. The van der Waals surface area contributed by atoms with Crippen LogP contribution >= 0.6 is 0 Å². The van der Waals surface area contributed by atoms with Crippen LogP contribution in [0.4, 0.5) is 0 Å². The van der Waals surface area contributed by atoms with E-state index in [0.717, 1.165) is 25.9 Å². The second kappa shape index (κ2) is 7.40. The zero-order valence-electron chi connectivity index (χ0n) is 14.5. The average Bonchev–Trinajstić information content (AvgIpc) is 2.94. The molecule has 1 aromatic heterocycles. The normalized spacial score (nSPS) is 18.8. The summed E-state index contributed by atoms with van der Waals surface area (Å²) >= 11 is 0. The van der Waals surface area contributed by atoms with Gasteiger partial charge in [-0.25, -0.2) is 0 Å². The number of carbonyl (C=O) groups is 1. The number of amides is 1. The number of hydrogen-bond donors (Lipinski definition) is 2. The topological polar surface area (TPSA) is 91.5 Å². The molecule has 0 radical (unpaired) electrons. The third-order valence-corrected chi connectivity index (χ3v) is 4.00. The highest BCUT2D eigenvalue weighted by Crippen LogP contribution is 2.22. The highest BCUT2D eigenvalue weighted by Gasteiger charge is 2.27. The molecule has 1 unspecified atom stereocenters. The summed E-state index contributed by atoms with van der Waals surface area (Å²) in [6.07, 6.45) is 1.12. The van der Waals surface area contributed by atoms with Crippen LogP contribution in [0.15, 0.2) is 4.52 Å². The van der Waals surface area contributed by atoms with Crippen molar-refractivity contribution < 1.29 is 14.4 Å². The molecule has 0 bridgehead atoms. The lowest BCUT2D eigenvalue weighted by Crippen LogP contribution is -2.42. The minimum Gasteiger partial charge on any atom is -0.392 e. The van der Waals surface area contributed by atoms with Crippen LogP contribution in [-0.4, -0.2) is 51.8 Å². The van der Waals surface area contributed by atoms with Gasteiger partial charge in [-0.05, 0) is 32.9 Å². The largest absolute Gasteiger partial charge is 0.392 e. The molecule has 0 saturated carbocycles. The first kappa shape index (κ1) is 17.9. The van der Waals surface area contributed by atoms with Gasteiger partial charge in [0.15, 0.2) is 5.82 Å². The van der Waals surface area contributed by atoms with Crippen molar-refractivity contribution in [1.29, 1.82) is 0 Å². The fourth-order valence-corrected chi connectivity index (χ4v) is 2.57. The lowest BCUT2D eigenvalue weighted by molar-refractivity contribution is -0.126. The van der Waals surface area contributed by atoms with E-state index in [9.17, 15) is 9.90 Å². The summed E-state index contributed by atoms with van der Waals surface area (Å²) in [7, 11) is 0. The lowest BCUT2D eigenvalue weighted by Gasteiger charge is -2.30. The van der Waals surface area contributed by atoms with Gasteiger partial charge in [-0.2, -0.15) is 4.98 Å². The van der Waals surface area contributed by atoms with Crippen LogP contribution in [0.25, 0.3) is 0 Å². The van der Waals surface area contributed by atoms with E-state index in [0.29, 0.717) is 24.8 Å². The summed E-state index contributed by atoms with van der Waals surface area (Å²) in [4.78, 5) is 18.7. The molecular weight excluding hydrogens is 296 g/mol. The number of carbonyl (C=O) groups excluding carboxylic acids is 1. The van der Waals surface area contributed by atoms with Crippen molar-refractivity contribution in [2.75, 3.05) is 19.6 Å². The maximum atomic E-state index is 12.0. The van der Waals surface area contributed by atoms with Gasteiger partial charge in [-0.15, -0.1) is 0 Å². The molecule has 0 spiro atoms. The van der Waals surface area contributed by atoms with Gasteiger partial charge in [0.05, 0.1) is 12.6 Å². The Labute approximate surface area is 137 Å². The quantitative estimate of drug-likeness (QED) is 0.842. The Morgan fingerprint density at radius 2 is 2.09 bits per heavy atom. The summed E-state index contributed by atoms with van der Waals surface area (Å²) in [5.74, 6) is 1.42. The van der Waals surface area contributed by atoms with Gasteiger partial charge in [0.25, 0.3) is 0 Å². The standard InChI is InChI=1S/C16H28N4O3/c1-11(21)9-17-14(22)12-5-7-20(8-6-12)10-13-18-15(23-19-13)16(2,3)4/h11-12,21H,5-10H2,1-4H3,(H,17,22). The van der Waals surface area contributed by atoms with E-state index >= 15 is 0 Å². The summed E-state index contributed by atoms with van der Waals surface area (Å²) in [5, 5.41) is 16.1. The van der Waals surface area contributed by atoms with Crippen molar-refractivity contribution >= 4 is 5.91 Å². The maximum absolute atomic E-state index is 12.0. The minimum absolute atomic E-state index is 0.0282. The zero-order chi connectivity index (χ0) is 17.0. The highest BCUT2D eigenvalue weighted by atomic mass is 16.5. The summed E-state index contributed by atoms with van der Waals surface area (Å²) in [6.45, 7) is 10.4. The molecule has 1 aromatic rings. The summed E-state index contributed by atoms with van der Waals surface area (Å²) < 4.78 is 5.31. The predicted molar refractivity (Wildman–Crippen MR) is 85.7 cm³/mol. The van der Waals surface area contributed by atoms with Crippen LogP contribution in [0.5, 0.6) is 0 Å². The third-order valence-electron chi connectivity index (χ3n) is 4.00. The Morgan fingerprint density at radius 3 is 2.61 bits per heavy atom. The Balaban J connectivity index is 1.78. The number of nitrogens with zero attached hydrogens (tertiary/aromatic N) is 3. The predicted octanol–water partition coefficient (Wildman–Crippen LogP) is 1.08. The fourth-order valence-electron chi connectivity index (χ4n) is 2.57. The van der Waals surface area contributed by atoms with Gasteiger partial charge < -0.3 is 14.9 Å². The number of aromatic nitrogens is 2. The zero-order valence-corrected chi connectivity index (χ0v) is 14.5. The molecule has 1 amide bonds. The van der Waals surface area contributed by atoms with Crippen molar-refractivity contribution in [2.24, 2.45) is 5.92 Å². The number of aliphatic hydroxyl groups is 1. The number of piperidine rings is 1. The van der Waals surface area contributed by atoms with Gasteiger partial charge in [-0.1, -0.05) is 25.9 Å². The van der Waals surface area contributed by atoms with Gasteiger partial charge in [0.1, 0.15) is 0 Å². The Hall–Kier alpha value is -1.47. The van der Waals surface area contributed by atoms with E-state index in [1.807, 2.05) is 20.8 Å². The van der Waals surface area contributed by atoms with Crippen molar-refractivity contribution in [3.05, 3.63) is 11.7 Å². The Kier molecular flexibility index (Phi) is 5.75. The SMILES string of the molecule is CC(O)CNC(=O)C1CCN(Cc2noc(C(C)(C)C)n2)CC1. The molecular formula is C16H28N4O3. The lowest BCUT2D eigenvalue weighted by atomic mass is 9.96. The van der Waals surface area contributed by atoms with Crippen LogP contribution in [0.1, 0.15) is 52.3 Å². The van der Waals surface area contributed by atoms with Gasteiger partial charge in [-0.3, -0.25) is 9.69 Å².